The largest absolute Gasteiger partial charge is 0.416 e. The molecule has 0 aliphatic carbocycles. The minimum absolute atomic E-state index is 0.139. The van der Waals surface area contributed by atoms with Gasteiger partial charge in [0.25, 0.3) is 5.91 Å². The van der Waals surface area contributed by atoms with Gasteiger partial charge in [0.1, 0.15) is 5.82 Å². The fourth-order valence-corrected chi connectivity index (χ4v) is 2.99. The standard InChI is InChI=1S/C14H14ClF4NO/c1-8-4-5-20(12(8)7-15)13(21)10-6-9(14(17,18)19)2-3-11(10)16/h2-3,6,8,12H,4-5,7H2,1H3. The molecule has 1 amide bonds. The first-order valence-electron chi connectivity index (χ1n) is 6.49. The average Bonchev–Trinajstić information content (AvgIpc) is 2.78. The van der Waals surface area contributed by atoms with E-state index < -0.39 is 29.0 Å². The fourth-order valence-electron chi connectivity index (χ4n) is 2.52. The summed E-state index contributed by atoms with van der Waals surface area (Å²) in [4.78, 5) is 13.7. The molecule has 2 nitrogen and oxygen atoms in total. The van der Waals surface area contributed by atoms with Crippen LogP contribution >= 0.6 is 11.6 Å². The van der Waals surface area contributed by atoms with Crippen molar-refractivity contribution in [3.8, 4) is 0 Å². The molecular formula is C14H14ClF4NO. The lowest BCUT2D eigenvalue weighted by atomic mass is 10.0. The molecule has 1 aromatic carbocycles. The lowest BCUT2D eigenvalue weighted by Crippen LogP contribution is -2.39. The first kappa shape index (κ1) is 16.1. The number of nitrogens with zero attached hydrogens (tertiary/aromatic N) is 1. The summed E-state index contributed by atoms with van der Waals surface area (Å²) in [6.45, 7) is 2.27. The van der Waals surface area contributed by atoms with Crippen molar-refractivity contribution in [1.82, 2.24) is 4.90 Å². The molecule has 116 valence electrons. The molecule has 1 aliphatic heterocycles. The lowest BCUT2D eigenvalue weighted by molar-refractivity contribution is -0.137. The maximum atomic E-state index is 13.7. The second-order valence-corrected chi connectivity index (χ2v) is 5.49. The zero-order valence-corrected chi connectivity index (χ0v) is 12.0. The SMILES string of the molecule is CC1CCN(C(=O)c2cc(C(F)(F)F)ccc2F)C1CCl. The molecule has 2 unspecified atom stereocenters. The first-order valence-corrected chi connectivity index (χ1v) is 7.03. The summed E-state index contributed by atoms with van der Waals surface area (Å²) in [5.74, 6) is -1.39. The van der Waals surface area contributed by atoms with Gasteiger partial charge >= 0.3 is 6.18 Å². The van der Waals surface area contributed by atoms with Crippen molar-refractivity contribution in [3.63, 3.8) is 0 Å². The Balaban J connectivity index is 2.35. The Bertz CT molecular complexity index is 546. The van der Waals surface area contributed by atoms with Crippen LogP contribution in [0.1, 0.15) is 29.3 Å². The van der Waals surface area contributed by atoms with Crippen LogP contribution in [0.5, 0.6) is 0 Å². The van der Waals surface area contributed by atoms with Gasteiger partial charge in [0.05, 0.1) is 11.1 Å². The van der Waals surface area contributed by atoms with Crippen LogP contribution in [0.15, 0.2) is 18.2 Å². The highest BCUT2D eigenvalue weighted by molar-refractivity contribution is 6.18. The van der Waals surface area contributed by atoms with E-state index in [9.17, 15) is 22.4 Å². The van der Waals surface area contributed by atoms with Crippen LogP contribution in [0, 0.1) is 11.7 Å². The van der Waals surface area contributed by atoms with Crippen LogP contribution < -0.4 is 0 Å². The van der Waals surface area contributed by atoms with E-state index in [0.717, 1.165) is 0 Å². The Hall–Kier alpha value is -1.30. The third-order valence-corrected chi connectivity index (χ3v) is 4.14. The number of alkyl halides is 4. The Kier molecular flexibility index (Phi) is 4.46. The van der Waals surface area contributed by atoms with Crippen LogP contribution in [-0.2, 0) is 6.18 Å². The number of hydrogen-bond donors (Lipinski definition) is 0. The van der Waals surface area contributed by atoms with E-state index in [-0.39, 0.29) is 17.8 Å². The molecule has 1 aromatic rings. The van der Waals surface area contributed by atoms with Crippen molar-refractivity contribution >= 4 is 17.5 Å². The lowest BCUT2D eigenvalue weighted by Gasteiger charge is -2.25. The van der Waals surface area contributed by atoms with E-state index in [1.165, 1.54) is 4.90 Å². The van der Waals surface area contributed by atoms with Crippen molar-refractivity contribution in [3.05, 3.63) is 35.1 Å². The Labute approximate surface area is 124 Å². The Morgan fingerprint density at radius 2 is 2.10 bits per heavy atom. The minimum Gasteiger partial charge on any atom is -0.334 e. The summed E-state index contributed by atoms with van der Waals surface area (Å²) in [6, 6.07) is 1.57. The normalized spacial score (nSPS) is 22.7. The van der Waals surface area contributed by atoms with Crippen molar-refractivity contribution in [2.45, 2.75) is 25.6 Å². The highest BCUT2D eigenvalue weighted by Crippen LogP contribution is 2.32. The molecule has 0 bridgehead atoms. The van der Waals surface area contributed by atoms with Crippen molar-refractivity contribution in [2.24, 2.45) is 5.92 Å². The van der Waals surface area contributed by atoms with E-state index in [0.29, 0.717) is 31.2 Å². The number of carbonyl (C=O) groups excluding carboxylic acids is 1. The van der Waals surface area contributed by atoms with Gasteiger partial charge in [0.2, 0.25) is 0 Å². The number of likely N-dealkylation sites (tertiary alicyclic amines) is 1. The van der Waals surface area contributed by atoms with Gasteiger partial charge in [-0.15, -0.1) is 11.6 Å². The van der Waals surface area contributed by atoms with Gasteiger partial charge in [-0.2, -0.15) is 13.2 Å². The van der Waals surface area contributed by atoms with Crippen LogP contribution in [0.4, 0.5) is 17.6 Å². The third kappa shape index (κ3) is 3.15. The molecule has 0 radical (unpaired) electrons. The quantitative estimate of drug-likeness (QED) is 0.596. The summed E-state index contributed by atoms with van der Waals surface area (Å²) in [6.07, 6.45) is -3.92. The highest BCUT2D eigenvalue weighted by atomic mass is 35.5. The molecule has 1 aliphatic rings. The second kappa shape index (κ2) is 5.83. The number of amides is 1. The van der Waals surface area contributed by atoms with Crippen LogP contribution in [0.2, 0.25) is 0 Å². The molecule has 7 heteroatoms. The van der Waals surface area contributed by atoms with Gasteiger partial charge in [-0.05, 0) is 30.5 Å². The van der Waals surface area contributed by atoms with Crippen molar-refractivity contribution in [2.75, 3.05) is 12.4 Å². The maximum absolute atomic E-state index is 13.7. The number of halogens is 5. The molecule has 0 spiro atoms. The van der Waals surface area contributed by atoms with Gasteiger partial charge < -0.3 is 4.90 Å². The molecule has 1 saturated heterocycles. The molecule has 1 fully saturated rings. The molecule has 2 rings (SSSR count). The van der Waals surface area contributed by atoms with Gasteiger partial charge in [-0.3, -0.25) is 4.79 Å². The van der Waals surface area contributed by atoms with E-state index in [4.69, 9.17) is 11.6 Å². The van der Waals surface area contributed by atoms with Crippen LogP contribution in [0.3, 0.4) is 0 Å². The number of carbonyl (C=O) groups is 1. The fraction of sp³-hybridized carbons (Fsp3) is 0.500. The molecular weight excluding hydrogens is 310 g/mol. The van der Waals surface area contributed by atoms with Gasteiger partial charge in [-0.25, -0.2) is 4.39 Å². The zero-order valence-electron chi connectivity index (χ0n) is 11.3. The van der Waals surface area contributed by atoms with Crippen LogP contribution in [0.25, 0.3) is 0 Å². The van der Waals surface area contributed by atoms with Crippen molar-refractivity contribution in [1.29, 1.82) is 0 Å². The molecule has 0 N–H and O–H groups in total. The maximum Gasteiger partial charge on any atom is 0.416 e. The molecule has 0 aromatic heterocycles. The number of rotatable bonds is 2. The predicted octanol–water partition coefficient (Wildman–Crippen LogP) is 3.93. The van der Waals surface area contributed by atoms with E-state index >= 15 is 0 Å². The summed E-state index contributed by atoms with van der Waals surface area (Å²) < 4.78 is 51.8. The summed E-state index contributed by atoms with van der Waals surface area (Å²) in [7, 11) is 0. The summed E-state index contributed by atoms with van der Waals surface area (Å²) in [5.41, 5.74) is -1.60. The summed E-state index contributed by atoms with van der Waals surface area (Å²) >= 11 is 5.80. The van der Waals surface area contributed by atoms with Gasteiger partial charge in [0, 0.05) is 18.5 Å². The minimum atomic E-state index is -4.62. The Morgan fingerprint density at radius 3 is 2.67 bits per heavy atom. The number of benzene rings is 1. The van der Waals surface area contributed by atoms with E-state index in [2.05, 4.69) is 0 Å². The molecule has 2 atom stereocenters. The molecule has 21 heavy (non-hydrogen) atoms. The Morgan fingerprint density at radius 1 is 1.43 bits per heavy atom. The average molecular weight is 324 g/mol. The molecule has 0 saturated carbocycles. The second-order valence-electron chi connectivity index (χ2n) is 5.18. The predicted molar refractivity (Wildman–Crippen MR) is 70.7 cm³/mol. The monoisotopic (exact) mass is 323 g/mol. The molecule has 1 heterocycles. The topological polar surface area (TPSA) is 20.3 Å². The van der Waals surface area contributed by atoms with Gasteiger partial charge in [-0.1, -0.05) is 6.92 Å². The van der Waals surface area contributed by atoms with Crippen LogP contribution in [-0.4, -0.2) is 29.3 Å². The van der Waals surface area contributed by atoms with E-state index in [1.54, 1.807) is 0 Å². The van der Waals surface area contributed by atoms with E-state index in [1.807, 2.05) is 6.92 Å². The smallest absolute Gasteiger partial charge is 0.334 e. The summed E-state index contributed by atoms with van der Waals surface area (Å²) in [5, 5.41) is 0. The van der Waals surface area contributed by atoms with Gasteiger partial charge in [0.15, 0.2) is 0 Å². The zero-order chi connectivity index (χ0) is 15.8. The highest BCUT2D eigenvalue weighted by Gasteiger charge is 2.37. The first-order chi connectivity index (χ1) is 9.75. The number of hydrogen-bond acceptors (Lipinski definition) is 1. The van der Waals surface area contributed by atoms with Crippen molar-refractivity contribution < 1.29 is 22.4 Å². The third-order valence-electron chi connectivity index (χ3n) is 3.83.